The molecule has 4 N–H and O–H groups in total. The summed E-state index contributed by atoms with van der Waals surface area (Å²) < 4.78 is 30.0. The molecule has 0 aliphatic carbocycles. The minimum Gasteiger partial charge on any atom is -0.490 e. The first kappa shape index (κ1) is 47.9. The van der Waals surface area contributed by atoms with E-state index in [1.165, 1.54) is 12.3 Å². The summed E-state index contributed by atoms with van der Waals surface area (Å²) in [5.41, 5.74) is 10.1. The van der Waals surface area contributed by atoms with Gasteiger partial charge in [-0.1, -0.05) is 6.07 Å². The zero-order valence-corrected chi connectivity index (χ0v) is 38.7. The first-order valence-electron chi connectivity index (χ1n) is 23.5. The third kappa shape index (κ3) is 11.3. The molecular formula is C48H56N12O10. The largest absolute Gasteiger partial charge is 0.490 e. The molecule has 1 atom stereocenters. The number of fused-ring (bicyclic) bond motifs is 2. The molecule has 5 amide bonds. The van der Waals surface area contributed by atoms with Gasteiger partial charge >= 0.3 is 0 Å². The van der Waals surface area contributed by atoms with E-state index in [9.17, 15) is 24.0 Å². The lowest BCUT2D eigenvalue weighted by Crippen LogP contribution is -2.54. The van der Waals surface area contributed by atoms with Crippen molar-refractivity contribution in [3.05, 3.63) is 84.6 Å². The fourth-order valence-corrected chi connectivity index (χ4v) is 9.09. The third-order valence-corrected chi connectivity index (χ3v) is 12.7. The summed E-state index contributed by atoms with van der Waals surface area (Å²) in [6.07, 6.45) is 10.6. The monoisotopic (exact) mass is 960 g/mol. The highest BCUT2D eigenvalue weighted by Gasteiger charge is 2.46. The normalized spacial score (nSPS) is 17.9. The number of aromatic nitrogens is 5. The van der Waals surface area contributed by atoms with Crippen LogP contribution >= 0.6 is 0 Å². The van der Waals surface area contributed by atoms with Crippen molar-refractivity contribution in [2.45, 2.75) is 37.8 Å². The average Bonchev–Trinajstić information content (AvgIpc) is 3.96. The van der Waals surface area contributed by atoms with E-state index in [0.717, 1.165) is 55.3 Å². The molecule has 70 heavy (non-hydrogen) atoms. The molecule has 3 saturated heterocycles. The van der Waals surface area contributed by atoms with Gasteiger partial charge in [-0.3, -0.25) is 44.1 Å². The maximum atomic E-state index is 13.2. The molecule has 2 aromatic carbocycles. The molecule has 9 rings (SSSR count). The van der Waals surface area contributed by atoms with Crippen molar-refractivity contribution in [2.24, 2.45) is 0 Å². The predicted octanol–water partition coefficient (Wildman–Crippen LogP) is 2.17. The second-order valence-corrected chi connectivity index (χ2v) is 17.1. The zero-order chi connectivity index (χ0) is 48.4. The molecule has 4 aliphatic rings. The van der Waals surface area contributed by atoms with Gasteiger partial charge in [0.1, 0.15) is 42.2 Å². The van der Waals surface area contributed by atoms with Crippen LogP contribution in [0.25, 0.3) is 17.0 Å². The van der Waals surface area contributed by atoms with Crippen LogP contribution in [0.1, 0.15) is 46.4 Å². The van der Waals surface area contributed by atoms with Crippen LogP contribution in [0.4, 0.5) is 23.0 Å². The summed E-state index contributed by atoms with van der Waals surface area (Å²) in [4.78, 5) is 88.6. The molecule has 0 saturated carbocycles. The smallest absolute Gasteiger partial charge is 0.266 e. The Morgan fingerprint density at radius 3 is 2.20 bits per heavy atom. The Kier molecular flexibility index (Phi) is 15.4. The standard InChI is InChI=1S/C48H56N12O10/c49-40-29-50-28-36(53-40)37-30-59-15-12-51-45(59)44(54-37)52-32-4-6-33(7-5-32)56-16-18-57(19-17-56)34-10-13-58(14-11-34)42(62)31-69-25-24-67-21-20-66-22-23-68-26-27-70-39-3-1-2-35-43(39)48(65)60(47(35)64)38-8-9-41(61)55-46(38)63/h1-7,12,15,28-30,34,38H,8-11,13-14,16-27,31H2,(H2,49,53)(H,52,54)(H,55,61,63). The SMILES string of the molecule is Nc1cncc(-c2cn3ccnc3c(Nc3ccc(N4CCN(C5CCN(C(=O)COCCOCCOCCOCCOc6cccc7c6C(=O)N(C6CCC(=O)NC6=O)C7=O)CC5)CC4)cc3)n2)n1. The van der Waals surface area contributed by atoms with E-state index in [-0.39, 0.29) is 55.4 Å². The number of piperazine rings is 1. The van der Waals surface area contributed by atoms with E-state index in [0.29, 0.717) is 87.4 Å². The van der Waals surface area contributed by atoms with Crippen LogP contribution in [0, 0.1) is 0 Å². The van der Waals surface area contributed by atoms with Crippen molar-refractivity contribution in [1.29, 1.82) is 0 Å². The lowest BCUT2D eigenvalue weighted by molar-refractivity contribution is -0.138. The number of carbonyl (C=O) groups is 5. The fraction of sp³-hybridized carbons (Fsp3) is 0.438. The lowest BCUT2D eigenvalue weighted by Gasteiger charge is -2.43. The van der Waals surface area contributed by atoms with Gasteiger partial charge in [-0.05, 0) is 55.7 Å². The fourth-order valence-electron chi connectivity index (χ4n) is 9.09. The van der Waals surface area contributed by atoms with Gasteiger partial charge in [0.25, 0.3) is 11.8 Å². The van der Waals surface area contributed by atoms with Crippen LogP contribution in [0.5, 0.6) is 5.75 Å². The maximum absolute atomic E-state index is 13.2. The number of imidazole rings is 1. The minimum atomic E-state index is -1.05. The van der Waals surface area contributed by atoms with Crippen LogP contribution in [-0.2, 0) is 33.3 Å². The van der Waals surface area contributed by atoms with E-state index < -0.39 is 29.7 Å². The number of rotatable bonds is 21. The summed E-state index contributed by atoms with van der Waals surface area (Å²) in [6, 6.07) is 12.5. The average molecular weight is 961 g/mol. The molecular weight excluding hydrogens is 905 g/mol. The first-order valence-corrected chi connectivity index (χ1v) is 23.5. The van der Waals surface area contributed by atoms with Crippen LogP contribution in [0.2, 0.25) is 0 Å². The van der Waals surface area contributed by atoms with Gasteiger partial charge in [0.2, 0.25) is 17.7 Å². The number of nitrogens with zero attached hydrogens (tertiary/aromatic N) is 9. The second kappa shape index (κ2) is 22.5. The number of nitrogens with two attached hydrogens (primary N) is 1. The van der Waals surface area contributed by atoms with Crippen molar-refractivity contribution < 1.29 is 47.7 Å². The third-order valence-electron chi connectivity index (χ3n) is 12.7. The van der Waals surface area contributed by atoms with Crippen molar-refractivity contribution in [2.75, 3.05) is 115 Å². The second-order valence-electron chi connectivity index (χ2n) is 17.1. The van der Waals surface area contributed by atoms with Gasteiger partial charge in [-0.2, -0.15) is 0 Å². The van der Waals surface area contributed by atoms with E-state index in [1.54, 1.807) is 24.5 Å². The lowest BCUT2D eigenvalue weighted by atomic mass is 10.0. The van der Waals surface area contributed by atoms with Crippen molar-refractivity contribution in [3.63, 3.8) is 0 Å². The molecule has 0 spiro atoms. The Morgan fingerprint density at radius 2 is 1.49 bits per heavy atom. The summed E-state index contributed by atoms with van der Waals surface area (Å²) >= 11 is 0. The van der Waals surface area contributed by atoms with Crippen LogP contribution in [-0.4, -0.2) is 179 Å². The number of piperidine rings is 2. The van der Waals surface area contributed by atoms with Crippen molar-refractivity contribution in [1.82, 2.24) is 44.4 Å². The topological polar surface area (TPSA) is 251 Å². The number of hydrogen-bond donors (Lipinski definition) is 3. The predicted molar refractivity (Wildman–Crippen MR) is 253 cm³/mol. The van der Waals surface area contributed by atoms with Gasteiger partial charge in [-0.25, -0.2) is 15.0 Å². The molecule has 22 heteroatoms. The Morgan fingerprint density at radius 1 is 0.771 bits per heavy atom. The molecule has 5 aromatic rings. The van der Waals surface area contributed by atoms with Gasteiger partial charge in [-0.15, -0.1) is 0 Å². The molecule has 0 bridgehead atoms. The molecule has 3 aromatic heterocycles. The van der Waals surface area contributed by atoms with Crippen molar-refractivity contribution in [3.8, 4) is 17.1 Å². The number of benzene rings is 2. The summed E-state index contributed by atoms with van der Waals surface area (Å²) in [5.74, 6) is -1.19. The number of imide groups is 2. The number of likely N-dealkylation sites (tertiary alicyclic amines) is 1. The first-order chi connectivity index (χ1) is 34.2. The number of carbonyl (C=O) groups excluding carboxylic acids is 5. The highest BCUT2D eigenvalue weighted by molar-refractivity contribution is 6.24. The van der Waals surface area contributed by atoms with Gasteiger partial charge in [0.15, 0.2) is 11.5 Å². The zero-order valence-electron chi connectivity index (χ0n) is 38.7. The highest BCUT2D eigenvalue weighted by Crippen LogP contribution is 2.34. The quantitative estimate of drug-likeness (QED) is 0.0704. The number of ether oxygens (including phenoxy) is 5. The van der Waals surface area contributed by atoms with E-state index in [2.05, 4.69) is 59.7 Å². The van der Waals surface area contributed by atoms with Crippen molar-refractivity contribution >= 4 is 58.2 Å². The molecule has 4 aliphatic heterocycles. The van der Waals surface area contributed by atoms with Gasteiger partial charge in [0.05, 0.1) is 69.8 Å². The minimum absolute atomic E-state index is 0.00370. The maximum Gasteiger partial charge on any atom is 0.266 e. The highest BCUT2D eigenvalue weighted by atomic mass is 16.6. The number of amides is 5. The number of nitrogens with one attached hydrogen (secondary N) is 2. The van der Waals surface area contributed by atoms with Crippen LogP contribution < -0.4 is 26.0 Å². The summed E-state index contributed by atoms with van der Waals surface area (Å²) in [6.45, 7) is 7.55. The molecule has 7 heterocycles. The molecule has 0 radical (unpaired) electrons. The summed E-state index contributed by atoms with van der Waals surface area (Å²) in [5, 5.41) is 5.61. The number of nitrogen functional groups attached to an aromatic ring is 1. The Labute approximate surface area is 403 Å². The van der Waals surface area contributed by atoms with E-state index in [1.807, 2.05) is 21.7 Å². The van der Waals surface area contributed by atoms with E-state index >= 15 is 0 Å². The molecule has 3 fully saturated rings. The molecule has 22 nitrogen and oxygen atoms in total. The van der Waals surface area contributed by atoms with E-state index in [4.69, 9.17) is 34.4 Å². The van der Waals surface area contributed by atoms with Crippen LogP contribution in [0.3, 0.4) is 0 Å². The number of hydrogen-bond acceptors (Lipinski definition) is 18. The van der Waals surface area contributed by atoms with Gasteiger partial charge < -0.3 is 48.9 Å². The Balaban J connectivity index is 0.590. The van der Waals surface area contributed by atoms with Crippen LogP contribution in [0.15, 0.2) is 73.4 Å². The van der Waals surface area contributed by atoms with Gasteiger partial charge in [0, 0.05) is 81.7 Å². The molecule has 1 unspecified atom stereocenters. The summed E-state index contributed by atoms with van der Waals surface area (Å²) in [7, 11) is 0. The Bertz CT molecular complexity index is 2670. The number of anilines is 4. The molecule has 368 valence electrons. The Hall–Kier alpha value is -7.11.